The fraction of sp³-hybridized carbons (Fsp3) is 0.636. The molecule has 5 unspecified atom stereocenters. The van der Waals surface area contributed by atoms with Crippen LogP contribution >= 0.6 is 22.9 Å². The van der Waals surface area contributed by atoms with Crippen molar-refractivity contribution in [1.29, 1.82) is 0 Å². The van der Waals surface area contributed by atoms with Crippen molar-refractivity contribution < 1.29 is 15.0 Å². The zero-order chi connectivity index (χ0) is 20.6. The molecule has 5 fully saturated rings. The summed E-state index contributed by atoms with van der Waals surface area (Å²) in [5.74, 6) is 1.78. The summed E-state index contributed by atoms with van der Waals surface area (Å²) in [7, 11) is 0. The number of carboxylic acid groups (broad SMARTS) is 1. The maximum Gasteiger partial charge on any atom is 0.407 e. The standard InChI is InChI=1S/C22H26ClN3O3S/c23-14-1-2-15-17(7-14)30-20(24-15)25-16-3-4-26(21(27)28)19(16)18-12-5-11-6-13(18)10-22(29,8-11)9-12/h1-2,7,11-13,16,18-19,29H,3-6,8-10H2,(H,24,25)(H,27,28)/t11?,12-,13?,16?,18?,19-,22?/m0/s1. The van der Waals surface area contributed by atoms with Crippen molar-refractivity contribution in [2.24, 2.45) is 23.7 Å². The Bertz CT molecular complexity index is 997. The SMILES string of the molecule is O=C(O)N1CCC(Nc2nc3ccc(Cl)cc3s2)[C@H]1C1C2CC3C[C@H]1CC(O)(C3)C2. The highest BCUT2D eigenvalue weighted by atomic mass is 35.5. The number of nitrogens with zero attached hydrogens (tertiary/aromatic N) is 2. The molecule has 6 nitrogen and oxygen atoms in total. The van der Waals surface area contributed by atoms with Crippen LogP contribution < -0.4 is 5.32 Å². The number of rotatable bonds is 3. The Morgan fingerprint density at radius 2 is 2.03 bits per heavy atom. The number of aliphatic hydroxyl groups is 1. The Labute approximate surface area is 184 Å². The van der Waals surface area contributed by atoms with Crippen molar-refractivity contribution >= 4 is 44.4 Å². The van der Waals surface area contributed by atoms with E-state index < -0.39 is 11.7 Å². The van der Waals surface area contributed by atoms with Gasteiger partial charge in [0, 0.05) is 11.6 Å². The van der Waals surface area contributed by atoms with Crippen LogP contribution in [0.15, 0.2) is 18.2 Å². The highest BCUT2D eigenvalue weighted by Gasteiger charge is 2.59. The average molecular weight is 448 g/mol. The minimum absolute atomic E-state index is 0.0503. The predicted molar refractivity (Wildman–Crippen MR) is 117 cm³/mol. The van der Waals surface area contributed by atoms with Gasteiger partial charge in [0.1, 0.15) is 0 Å². The van der Waals surface area contributed by atoms with Crippen LogP contribution in [0.5, 0.6) is 0 Å². The van der Waals surface area contributed by atoms with Crippen LogP contribution in [0.2, 0.25) is 5.02 Å². The molecule has 4 bridgehead atoms. The zero-order valence-electron chi connectivity index (χ0n) is 16.6. The number of halogens is 1. The number of thiazole rings is 1. The fourth-order valence-electron chi connectivity index (χ4n) is 7.37. The van der Waals surface area contributed by atoms with E-state index in [9.17, 15) is 15.0 Å². The number of hydrogen-bond donors (Lipinski definition) is 3. The summed E-state index contributed by atoms with van der Waals surface area (Å²) in [6.45, 7) is 0.554. The van der Waals surface area contributed by atoms with Gasteiger partial charge in [0.15, 0.2) is 5.13 Å². The number of hydrogen-bond acceptors (Lipinski definition) is 5. The first-order chi connectivity index (χ1) is 14.4. The molecule has 2 heterocycles. The summed E-state index contributed by atoms with van der Waals surface area (Å²) in [6.07, 6.45) is 4.85. The number of amides is 1. The second-order valence-electron chi connectivity index (χ2n) is 9.91. The Kier molecular flexibility index (Phi) is 4.28. The number of aromatic nitrogens is 1. The molecule has 4 aliphatic carbocycles. The topological polar surface area (TPSA) is 85.7 Å². The minimum Gasteiger partial charge on any atom is -0.465 e. The van der Waals surface area contributed by atoms with Crippen molar-refractivity contribution in [3.05, 3.63) is 23.2 Å². The van der Waals surface area contributed by atoms with Gasteiger partial charge in [-0.05, 0) is 80.4 Å². The first-order valence-corrected chi connectivity index (χ1v) is 12.1. The molecule has 4 saturated carbocycles. The van der Waals surface area contributed by atoms with Gasteiger partial charge in [-0.3, -0.25) is 0 Å². The Morgan fingerprint density at radius 1 is 1.27 bits per heavy atom. The fourth-order valence-corrected chi connectivity index (χ4v) is 8.57. The van der Waals surface area contributed by atoms with E-state index in [0.29, 0.717) is 35.2 Å². The van der Waals surface area contributed by atoms with Gasteiger partial charge in [-0.1, -0.05) is 22.9 Å². The number of nitrogens with one attached hydrogen (secondary N) is 1. The van der Waals surface area contributed by atoms with E-state index in [1.54, 1.807) is 16.2 Å². The highest BCUT2D eigenvalue weighted by molar-refractivity contribution is 7.22. The number of anilines is 1. The third-order valence-electron chi connectivity index (χ3n) is 8.07. The molecule has 1 aromatic carbocycles. The highest BCUT2D eigenvalue weighted by Crippen LogP contribution is 2.60. The molecule has 1 aromatic heterocycles. The molecule has 5 aliphatic rings. The molecule has 0 spiro atoms. The summed E-state index contributed by atoms with van der Waals surface area (Å²) in [5.41, 5.74) is 0.405. The van der Waals surface area contributed by atoms with E-state index in [4.69, 9.17) is 16.6 Å². The monoisotopic (exact) mass is 447 g/mol. The van der Waals surface area contributed by atoms with Gasteiger partial charge in [-0.15, -0.1) is 0 Å². The number of benzene rings is 1. The molecule has 7 atom stereocenters. The van der Waals surface area contributed by atoms with Crippen LogP contribution in [0, 0.1) is 23.7 Å². The molecular formula is C22H26ClN3O3S. The number of fused-ring (bicyclic) bond motifs is 1. The minimum atomic E-state index is -0.826. The van der Waals surface area contributed by atoms with Crippen molar-refractivity contribution in [3.63, 3.8) is 0 Å². The summed E-state index contributed by atoms with van der Waals surface area (Å²) in [4.78, 5) is 18.5. The van der Waals surface area contributed by atoms with Crippen molar-refractivity contribution in [1.82, 2.24) is 9.88 Å². The molecule has 160 valence electrons. The second-order valence-corrected chi connectivity index (χ2v) is 11.4. The van der Waals surface area contributed by atoms with Crippen LogP contribution in [0.1, 0.15) is 38.5 Å². The number of likely N-dealkylation sites (tertiary alicyclic amines) is 1. The molecule has 0 radical (unpaired) electrons. The third kappa shape index (κ3) is 3.00. The summed E-state index contributed by atoms with van der Waals surface area (Å²) in [5, 5.41) is 26.0. The lowest BCUT2D eigenvalue weighted by molar-refractivity contribution is -0.162. The largest absolute Gasteiger partial charge is 0.465 e. The molecule has 1 aliphatic heterocycles. The summed E-state index contributed by atoms with van der Waals surface area (Å²) < 4.78 is 1.03. The quantitative estimate of drug-likeness (QED) is 0.636. The molecular weight excluding hydrogens is 422 g/mol. The van der Waals surface area contributed by atoms with Gasteiger partial charge < -0.3 is 20.4 Å². The van der Waals surface area contributed by atoms with Gasteiger partial charge >= 0.3 is 6.09 Å². The Balaban J connectivity index is 1.31. The van der Waals surface area contributed by atoms with Gasteiger partial charge in [0.05, 0.1) is 27.9 Å². The summed E-state index contributed by atoms with van der Waals surface area (Å²) in [6, 6.07) is 5.68. The van der Waals surface area contributed by atoms with E-state index in [-0.39, 0.29) is 12.1 Å². The first-order valence-electron chi connectivity index (χ1n) is 10.9. The van der Waals surface area contributed by atoms with Gasteiger partial charge in [0.2, 0.25) is 0 Å². The molecule has 1 saturated heterocycles. The van der Waals surface area contributed by atoms with E-state index in [2.05, 4.69) is 5.32 Å². The van der Waals surface area contributed by atoms with Crippen LogP contribution in [-0.4, -0.2) is 50.4 Å². The molecule has 1 amide bonds. The average Bonchev–Trinajstić information content (AvgIpc) is 3.24. The van der Waals surface area contributed by atoms with E-state index in [1.807, 2.05) is 18.2 Å². The molecule has 30 heavy (non-hydrogen) atoms. The van der Waals surface area contributed by atoms with Gasteiger partial charge in [0.25, 0.3) is 0 Å². The van der Waals surface area contributed by atoms with E-state index >= 15 is 0 Å². The maximum atomic E-state index is 12.1. The van der Waals surface area contributed by atoms with Gasteiger partial charge in [-0.25, -0.2) is 9.78 Å². The van der Waals surface area contributed by atoms with Crippen molar-refractivity contribution in [2.75, 3.05) is 11.9 Å². The lowest BCUT2D eigenvalue weighted by Crippen LogP contribution is -2.61. The van der Waals surface area contributed by atoms with Crippen LogP contribution in [0.25, 0.3) is 10.2 Å². The Hall–Kier alpha value is -1.57. The normalized spacial score (nSPS) is 39.7. The van der Waals surface area contributed by atoms with E-state index in [0.717, 1.165) is 53.9 Å². The Morgan fingerprint density at radius 3 is 2.73 bits per heavy atom. The zero-order valence-corrected chi connectivity index (χ0v) is 18.2. The number of carbonyl (C=O) groups is 1. The van der Waals surface area contributed by atoms with Crippen LogP contribution in [0.4, 0.5) is 9.93 Å². The lowest BCUT2D eigenvalue weighted by atomic mass is 9.48. The molecule has 3 N–H and O–H groups in total. The lowest BCUT2D eigenvalue weighted by Gasteiger charge is -2.60. The second kappa shape index (κ2) is 6.71. The predicted octanol–water partition coefficient (Wildman–Crippen LogP) is 4.67. The summed E-state index contributed by atoms with van der Waals surface area (Å²) >= 11 is 7.70. The van der Waals surface area contributed by atoms with E-state index in [1.165, 1.54) is 0 Å². The first kappa shape index (κ1) is 19.1. The van der Waals surface area contributed by atoms with Crippen molar-refractivity contribution in [3.8, 4) is 0 Å². The van der Waals surface area contributed by atoms with Crippen LogP contribution in [0.3, 0.4) is 0 Å². The van der Waals surface area contributed by atoms with Crippen molar-refractivity contribution in [2.45, 2.75) is 56.2 Å². The smallest absolute Gasteiger partial charge is 0.407 e. The van der Waals surface area contributed by atoms with Crippen LogP contribution in [-0.2, 0) is 0 Å². The third-order valence-corrected chi connectivity index (χ3v) is 9.25. The molecule has 7 rings (SSSR count). The molecule has 2 aromatic rings. The van der Waals surface area contributed by atoms with Gasteiger partial charge in [-0.2, -0.15) is 0 Å². The maximum absolute atomic E-state index is 12.1. The molecule has 8 heteroatoms.